The fraction of sp³-hybridized carbons (Fsp3) is 1.00. The minimum atomic E-state index is -4.07. The predicted molar refractivity (Wildman–Crippen MR) is 71.3 cm³/mol. The van der Waals surface area contributed by atoms with Crippen LogP contribution >= 0.6 is 0 Å². The van der Waals surface area contributed by atoms with Crippen molar-refractivity contribution in [1.29, 1.82) is 0 Å². The van der Waals surface area contributed by atoms with Crippen molar-refractivity contribution in [2.45, 2.75) is 38.9 Å². The molecule has 0 aromatic rings. The quantitative estimate of drug-likeness (QED) is 0.769. The number of likely N-dealkylation sites (N-methyl/N-ethyl adjacent to an activating group) is 1. The van der Waals surface area contributed by atoms with Crippen molar-refractivity contribution >= 4 is 0 Å². The molecule has 1 atom stereocenters. The van der Waals surface area contributed by atoms with Crippen molar-refractivity contribution in [3.8, 4) is 0 Å². The number of hydrogen-bond acceptors (Lipinski definition) is 3. The Kier molecular flexibility index (Phi) is 7.10. The van der Waals surface area contributed by atoms with Crippen LogP contribution < -0.4 is 5.32 Å². The number of piperazine rings is 1. The van der Waals surface area contributed by atoms with Gasteiger partial charge in [0.2, 0.25) is 0 Å². The number of nitrogens with zero attached hydrogens (tertiary/aromatic N) is 2. The molecule has 1 rings (SSSR count). The van der Waals surface area contributed by atoms with Gasteiger partial charge in [0.25, 0.3) is 0 Å². The Morgan fingerprint density at radius 2 is 1.74 bits per heavy atom. The molecule has 114 valence electrons. The SMILES string of the molecule is CCCC(CNCC)N1CCN(CC(F)(F)F)CC1. The standard InChI is InChI=1S/C13H26F3N3/c1-3-5-12(10-17-4-2)19-8-6-18(7-9-19)11-13(14,15)16/h12,17H,3-11H2,1-2H3. The first-order chi connectivity index (χ1) is 8.96. The summed E-state index contributed by atoms with van der Waals surface area (Å²) in [6.07, 6.45) is -1.86. The smallest absolute Gasteiger partial charge is 0.315 e. The van der Waals surface area contributed by atoms with Crippen LogP contribution in [0.15, 0.2) is 0 Å². The third kappa shape index (κ3) is 6.58. The van der Waals surface area contributed by atoms with Crippen LogP contribution in [0.4, 0.5) is 13.2 Å². The summed E-state index contributed by atoms with van der Waals surface area (Å²) in [7, 11) is 0. The average Bonchev–Trinajstić information content (AvgIpc) is 2.34. The Balaban J connectivity index is 2.37. The summed E-state index contributed by atoms with van der Waals surface area (Å²) in [5, 5.41) is 3.34. The maximum absolute atomic E-state index is 12.3. The Morgan fingerprint density at radius 1 is 1.11 bits per heavy atom. The molecule has 1 unspecified atom stereocenters. The van der Waals surface area contributed by atoms with E-state index < -0.39 is 12.7 Å². The van der Waals surface area contributed by atoms with Crippen LogP contribution in [0.2, 0.25) is 0 Å². The topological polar surface area (TPSA) is 18.5 Å². The second kappa shape index (κ2) is 8.07. The van der Waals surface area contributed by atoms with Gasteiger partial charge in [0.05, 0.1) is 6.54 Å². The molecule has 1 aliphatic heterocycles. The molecule has 0 saturated carbocycles. The van der Waals surface area contributed by atoms with Crippen molar-refractivity contribution < 1.29 is 13.2 Å². The van der Waals surface area contributed by atoms with Gasteiger partial charge >= 0.3 is 6.18 Å². The van der Waals surface area contributed by atoms with E-state index in [1.54, 1.807) is 0 Å². The number of nitrogens with one attached hydrogen (secondary N) is 1. The third-order valence-electron chi connectivity index (χ3n) is 3.58. The zero-order valence-corrected chi connectivity index (χ0v) is 12.0. The summed E-state index contributed by atoms with van der Waals surface area (Å²) in [6, 6.07) is 0.456. The van der Waals surface area contributed by atoms with Gasteiger partial charge in [-0.15, -0.1) is 0 Å². The first kappa shape index (κ1) is 16.7. The van der Waals surface area contributed by atoms with Crippen molar-refractivity contribution in [1.82, 2.24) is 15.1 Å². The Bertz CT molecular complexity index is 238. The highest BCUT2D eigenvalue weighted by molar-refractivity contribution is 4.80. The van der Waals surface area contributed by atoms with Crippen molar-refractivity contribution in [2.24, 2.45) is 0 Å². The molecule has 0 spiro atoms. The van der Waals surface area contributed by atoms with E-state index in [9.17, 15) is 13.2 Å². The van der Waals surface area contributed by atoms with Crippen LogP contribution in [0.25, 0.3) is 0 Å². The third-order valence-corrected chi connectivity index (χ3v) is 3.58. The first-order valence-electron chi connectivity index (χ1n) is 7.20. The van der Waals surface area contributed by atoms with Gasteiger partial charge in [-0.3, -0.25) is 9.80 Å². The van der Waals surface area contributed by atoms with Crippen LogP contribution in [0.5, 0.6) is 0 Å². The minimum Gasteiger partial charge on any atom is -0.315 e. The summed E-state index contributed by atoms with van der Waals surface area (Å²) in [5.41, 5.74) is 0. The molecule has 0 aliphatic carbocycles. The molecule has 6 heteroatoms. The molecule has 1 aliphatic rings. The van der Waals surface area contributed by atoms with E-state index in [4.69, 9.17) is 0 Å². The lowest BCUT2D eigenvalue weighted by atomic mass is 10.1. The van der Waals surface area contributed by atoms with E-state index in [1.807, 2.05) is 0 Å². The summed E-state index contributed by atoms with van der Waals surface area (Å²) < 4.78 is 37.0. The molecule has 1 heterocycles. The molecule has 0 bridgehead atoms. The highest BCUT2D eigenvalue weighted by Gasteiger charge is 2.33. The lowest BCUT2D eigenvalue weighted by molar-refractivity contribution is -0.149. The monoisotopic (exact) mass is 281 g/mol. The fourth-order valence-electron chi connectivity index (χ4n) is 2.60. The van der Waals surface area contributed by atoms with E-state index in [0.29, 0.717) is 19.1 Å². The highest BCUT2D eigenvalue weighted by Crippen LogP contribution is 2.18. The zero-order chi connectivity index (χ0) is 14.3. The maximum atomic E-state index is 12.3. The summed E-state index contributed by atoms with van der Waals surface area (Å²) in [5.74, 6) is 0. The van der Waals surface area contributed by atoms with Gasteiger partial charge in [-0.2, -0.15) is 13.2 Å². The largest absolute Gasteiger partial charge is 0.401 e. The van der Waals surface area contributed by atoms with Gasteiger partial charge in [-0.25, -0.2) is 0 Å². The van der Waals surface area contributed by atoms with Crippen LogP contribution in [0.1, 0.15) is 26.7 Å². The number of rotatable bonds is 7. The molecule has 0 radical (unpaired) electrons. The van der Waals surface area contributed by atoms with E-state index >= 15 is 0 Å². The minimum absolute atomic E-state index is 0.456. The van der Waals surface area contributed by atoms with Crippen LogP contribution in [-0.4, -0.2) is 67.8 Å². The molecular weight excluding hydrogens is 255 g/mol. The Labute approximate surface area is 114 Å². The van der Waals surface area contributed by atoms with E-state index in [1.165, 1.54) is 4.90 Å². The second-order valence-corrected chi connectivity index (χ2v) is 5.18. The first-order valence-corrected chi connectivity index (χ1v) is 7.20. The normalized spacial score (nSPS) is 20.7. The van der Waals surface area contributed by atoms with Gasteiger partial charge in [0.1, 0.15) is 0 Å². The lowest BCUT2D eigenvalue weighted by Gasteiger charge is -2.39. The molecular formula is C13H26F3N3. The molecule has 0 amide bonds. The van der Waals surface area contributed by atoms with Gasteiger partial charge in [-0.05, 0) is 13.0 Å². The summed E-state index contributed by atoms with van der Waals surface area (Å²) in [6.45, 7) is 7.85. The maximum Gasteiger partial charge on any atom is 0.401 e. The van der Waals surface area contributed by atoms with Crippen LogP contribution in [-0.2, 0) is 0 Å². The van der Waals surface area contributed by atoms with Crippen LogP contribution in [0.3, 0.4) is 0 Å². The average molecular weight is 281 g/mol. The van der Waals surface area contributed by atoms with Crippen molar-refractivity contribution in [2.75, 3.05) is 45.8 Å². The van der Waals surface area contributed by atoms with E-state index in [0.717, 1.165) is 39.0 Å². The van der Waals surface area contributed by atoms with Crippen LogP contribution in [0, 0.1) is 0 Å². The Hall–Kier alpha value is -0.330. The summed E-state index contributed by atoms with van der Waals surface area (Å²) >= 11 is 0. The molecule has 19 heavy (non-hydrogen) atoms. The molecule has 0 aromatic heterocycles. The number of halogens is 3. The van der Waals surface area contributed by atoms with Crippen molar-refractivity contribution in [3.63, 3.8) is 0 Å². The summed E-state index contributed by atoms with van der Waals surface area (Å²) in [4.78, 5) is 3.84. The van der Waals surface area contributed by atoms with E-state index in [-0.39, 0.29) is 0 Å². The zero-order valence-electron chi connectivity index (χ0n) is 12.0. The van der Waals surface area contributed by atoms with Gasteiger partial charge in [0, 0.05) is 38.8 Å². The molecule has 1 N–H and O–H groups in total. The lowest BCUT2D eigenvalue weighted by Crippen LogP contribution is -2.54. The van der Waals surface area contributed by atoms with Gasteiger partial charge in [0.15, 0.2) is 0 Å². The highest BCUT2D eigenvalue weighted by atomic mass is 19.4. The molecule has 1 saturated heterocycles. The molecule has 3 nitrogen and oxygen atoms in total. The van der Waals surface area contributed by atoms with E-state index in [2.05, 4.69) is 24.1 Å². The predicted octanol–water partition coefficient (Wildman–Crippen LogP) is 1.94. The fourth-order valence-corrected chi connectivity index (χ4v) is 2.60. The molecule has 0 aromatic carbocycles. The molecule has 1 fully saturated rings. The second-order valence-electron chi connectivity index (χ2n) is 5.18. The van der Waals surface area contributed by atoms with Gasteiger partial charge < -0.3 is 5.32 Å². The Morgan fingerprint density at radius 3 is 2.21 bits per heavy atom. The van der Waals surface area contributed by atoms with Gasteiger partial charge in [-0.1, -0.05) is 20.3 Å². The van der Waals surface area contributed by atoms with Crippen molar-refractivity contribution in [3.05, 3.63) is 0 Å². The number of hydrogen-bond donors (Lipinski definition) is 1. The number of alkyl halides is 3.